The van der Waals surface area contributed by atoms with Crippen molar-refractivity contribution in [2.45, 2.75) is 52.5 Å². The van der Waals surface area contributed by atoms with E-state index in [9.17, 15) is 0 Å². The number of anilines is 2. The maximum atomic E-state index is 4.50. The highest BCUT2D eigenvalue weighted by molar-refractivity contribution is 5.58. The molecule has 2 rings (SSSR count). The van der Waals surface area contributed by atoms with Gasteiger partial charge in [-0.1, -0.05) is 13.8 Å². The fourth-order valence-electron chi connectivity index (χ4n) is 2.24. The van der Waals surface area contributed by atoms with Crippen molar-refractivity contribution < 1.29 is 0 Å². The molecule has 0 aromatic carbocycles. The van der Waals surface area contributed by atoms with Gasteiger partial charge in [-0.2, -0.15) is 0 Å². The maximum absolute atomic E-state index is 4.50. The maximum Gasteiger partial charge on any atom is 0.137 e. The molecular formula is C14H24N4. The number of aromatic nitrogens is 2. The van der Waals surface area contributed by atoms with Gasteiger partial charge in [0.15, 0.2) is 0 Å². The molecule has 1 aliphatic carbocycles. The zero-order valence-corrected chi connectivity index (χ0v) is 11.7. The Morgan fingerprint density at radius 2 is 2.06 bits per heavy atom. The Morgan fingerprint density at radius 1 is 1.28 bits per heavy atom. The van der Waals surface area contributed by atoms with E-state index in [-0.39, 0.29) is 0 Å². The van der Waals surface area contributed by atoms with Crippen LogP contribution in [0, 0.1) is 6.92 Å². The van der Waals surface area contributed by atoms with E-state index in [2.05, 4.69) is 41.0 Å². The van der Waals surface area contributed by atoms with E-state index in [0.29, 0.717) is 6.04 Å². The lowest BCUT2D eigenvalue weighted by Gasteiger charge is -2.25. The number of rotatable bonds is 7. The van der Waals surface area contributed by atoms with E-state index in [1.807, 2.05) is 0 Å². The fraction of sp³-hybridized carbons (Fsp3) is 0.714. The van der Waals surface area contributed by atoms with Crippen molar-refractivity contribution in [3.63, 3.8) is 0 Å². The SMILES string of the molecule is CCCNc1ncnc(N(CCC)C2CC2)c1C. The first-order chi connectivity index (χ1) is 8.77. The fourth-order valence-corrected chi connectivity index (χ4v) is 2.24. The van der Waals surface area contributed by atoms with Crippen LogP contribution in [0.3, 0.4) is 0 Å². The van der Waals surface area contributed by atoms with Crippen molar-refractivity contribution in [3.8, 4) is 0 Å². The molecule has 0 amide bonds. The predicted octanol–water partition coefficient (Wildman–Crippen LogP) is 2.99. The van der Waals surface area contributed by atoms with Gasteiger partial charge in [0, 0.05) is 24.7 Å². The van der Waals surface area contributed by atoms with Gasteiger partial charge in [0.1, 0.15) is 18.0 Å². The van der Waals surface area contributed by atoms with Crippen LogP contribution in [-0.4, -0.2) is 29.1 Å². The highest BCUT2D eigenvalue weighted by Gasteiger charge is 2.30. The van der Waals surface area contributed by atoms with Gasteiger partial charge in [0.05, 0.1) is 0 Å². The molecule has 100 valence electrons. The second-order valence-electron chi connectivity index (χ2n) is 5.02. The van der Waals surface area contributed by atoms with Crippen LogP contribution in [0.5, 0.6) is 0 Å². The van der Waals surface area contributed by atoms with Gasteiger partial charge in [0.25, 0.3) is 0 Å². The van der Waals surface area contributed by atoms with Crippen molar-refractivity contribution in [2.24, 2.45) is 0 Å². The minimum Gasteiger partial charge on any atom is -0.370 e. The number of hydrogen-bond acceptors (Lipinski definition) is 4. The van der Waals surface area contributed by atoms with Gasteiger partial charge >= 0.3 is 0 Å². The zero-order chi connectivity index (χ0) is 13.0. The number of nitrogens with zero attached hydrogens (tertiary/aromatic N) is 3. The first-order valence-corrected chi connectivity index (χ1v) is 7.10. The van der Waals surface area contributed by atoms with Crippen LogP contribution >= 0.6 is 0 Å². The molecule has 18 heavy (non-hydrogen) atoms. The van der Waals surface area contributed by atoms with Crippen molar-refractivity contribution in [3.05, 3.63) is 11.9 Å². The van der Waals surface area contributed by atoms with E-state index in [0.717, 1.165) is 37.6 Å². The van der Waals surface area contributed by atoms with Gasteiger partial charge < -0.3 is 10.2 Å². The van der Waals surface area contributed by atoms with E-state index < -0.39 is 0 Å². The van der Waals surface area contributed by atoms with Gasteiger partial charge in [-0.3, -0.25) is 0 Å². The molecule has 1 fully saturated rings. The molecule has 0 spiro atoms. The van der Waals surface area contributed by atoms with Crippen molar-refractivity contribution in [2.75, 3.05) is 23.3 Å². The molecule has 1 aromatic heterocycles. The lowest BCUT2D eigenvalue weighted by Crippen LogP contribution is -2.28. The molecule has 4 heteroatoms. The second kappa shape index (κ2) is 6.03. The largest absolute Gasteiger partial charge is 0.370 e. The Hall–Kier alpha value is -1.32. The molecule has 1 heterocycles. The molecular weight excluding hydrogens is 224 g/mol. The van der Waals surface area contributed by atoms with E-state index in [1.165, 1.54) is 18.4 Å². The summed E-state index contributed by atoms with van der Waals surface area (Å²) in [6, 6.07) is 0.706. The van der Waals surface area contributed by atoms with Gasteiger partial charge in [-0.25, -0.2) is 9.97 Å². The highest BCUT2D eigenvalue weighted by atomic mass is 15.2. The van der Waals surface area contributed by atoms with Crippen LogP contribution in [0.1, 0.15) is 45.1 Å². The Labute approximate surface area is 110 Å². The van der Waals surface area contributed by atoms with Crippen molar-refractivity contribution in [1.82, 2.24) is 9.97 Å². The molecule has 0 radical (unpaired) electrons. The molecule has 0 unspecified atom stereocenters. The summed E-state index contributed by atoms with van der Waals surface area (Å²) in [7, 11) is 0. The molecule has 1 N–H and O–H groups in total. The molecule has 1 aromatic rings. The third-order valence-electron chi connectivity index (χ3n) is 3.32. The third-order valence-corrected chi connectivity index (χ3v) is 3.32. The summed E-state index contributed by atoms with van der Waals surface area (Å²) in [6.45, 7) is 8.57. The molecule has 4 nitrogen and oxygen atoms in total. The van der Waals surface area contributed by atoms with Crippen LogP contribution in [0.25, 0.3) is 0 Å². The molecule has 0 saturated heterocycles. The molecule has 0 bridgehead atoms. The average molecular weight is 248 g/mol. The Morgan fingerprint density at radius 3 is 2.67 bits per heavy atom. The summed E-state index contributed by atoms with van der Waals surface area (Å²) < 4.78 is 0. The monoisotopic (exact) mass is 248 g/mol. The van der Waals surface area contributed by atoms with Crippen LogP contribution in [0.4, 0.5) is 11.6 Å². The normalized spacial score (nSPS) is 14.6. The molecule has 1 saturated carbocycles. The summed E-state index contributed by atoms with van der Waals surface area (Å²) in [4.78, 5) is 11.3. The topological polar surface area (TPSA) is 41.1 Å². The minimum atomic E-state index is 0.706. The Bertz CT molecular complexity index is 387. The highest BCUT2D eigenvalue weighted by Crippen LogP contribution is 2.33. The van der Waals surface area contributed by atoms with Crippen LogP contribution in [0.15, 0.2) is 6.33 Å². The summed E-state index contributed by atoms with van der Waals surface area (Å²) in [5.41, 5.74) is 1.19. The van der Waals surface area contributed by atoms with E-state index >= 15 is 0 Å². The Kier molecular flexibility index (Phi) is 4.39. The zero-order valence-electron chi connectivity index (χ0n) is 11.7. The first kappa shape index (κ1) is 13.1. The Balaban J connectivity index is 2.19. The van der Waals surface area contributed by atoms with Gasteiger partial charge in [-0.15, -0.1) is 0 Å². The minimum absolute atomic E-state index is 0.706. The van der Waals surface area contributed by atoms with Crippen LogP contribution < -0.4 is 10.2 Å². The van der Waals surface area contributed by atoms with E-state index in [4.69, 9.17) is 0 Å². The van der Waals surface area contributed by atoms with Crippen molar-refractivity contribution in [1.29, 1.82) is 0 Å². The third kappa shape index (κ3) is 2.92. The smallest absolute Gasteiger partial charge is 0.137 e. The van der Waals surface area contributed by atoms with Crippen LogP contribution in [-0.2, 0) is 0 Å². The second-order valence-corrected chi connectivity index (χ2v) is 5.02. The predicted molar refractivity (Wildman–Crippen MR) is 76.2 cm³/mol. The van der Waals surface area contributed by atoms with Gasteiger partial charge in [0.2, 0.25) is 0 Å². The quantitative estimate of drug-likeness (QED) is 0.805. The lowest BCUT2D eigenvalue weighted by atomic mass is 10.2. The standard InChI is InChI=1S/C14H24N4/c1-4-8-15-13-11(3)14(17-10-16-13)18(9-5-2)12-6-7-12/h10,12H,4-9H2,1-3H3,(H,15,16,17). The average Bonchev–Trinajstić information content (AvgIpc) is 3.19. The summed E-state index contributed by atoms with van der Waals surface area (Å²) in [6.07, 6.45) is 6.57. The summed E-state index contributed by atoms with van der Waals surface area (Å²) in [5, 5.41) is 3.38. The number of nitrogens with one attached hydrogen (secondary N) is 1. The molecule has 0 aliphatic heterocycles. The first-order valence-electron chi connectivity index (χ1n) is 7.10. The molecule has 1 aliphatic rings. The summed E-state index contributed by atoms with van der Waals surface area (Å²) >= 11 is 0. The van der Waals surface area contributed by atoms with Gasteiger partial charge in [-0.05, 0) is 32.6 Å². The van der Waals surface area contributed by atoms with Crippen molar-refractivity contribution >= 4 is 11.6 Å². The summed E-state index contributed by atoms with van der Waals surface area (Å²) in [5.74, 6) is 2.11. The van der Waals surface area contributed by atoms with Crippen LogP contribution in [0.2, 0.25) is 0 Å². The molecule has 0 atom stereocenters. The van der Waals surface area contributed by atoms with E-state index in [1.54, 1.807) is 6.33 Å². The lowest BCUT2D eigenvalue weighted by molar-refractivity contribution is 0.745. The number of hydrogen-bond donors (Lipinski definition) is 1.